The van der Waals surface area contributed by atoms with E-state index < -0.39 is 0 Å². The SMILES string of the molecule is N[C@H]1c2ccccc2C[C@@H]1Nc1nnc(C2CCC2)o1. The molecule has 1 saturated carbocycles. The maximum Gasteiger partial charge on any atom is 0.315 e. The number of nitrogens with zero attached hydrogens (tertiary/aromatic N) is 2. The molecule has 20 heavy (non-hydrogen) atoms. The molecule has 2 atom stereocenters. The number of hydrogen-bond acceptors (Lipinski definition) is 5. The molecule has 2 aromatic rings. The zero-order valence-electron chi connectivity index (χ0n) is 11.2. The standard InChI is InChI=1S/C15H18N4O/c16-13-11-7-2-1-4-10(11)8-12(13)17-15-19-18-14(20-15)9-5-3-6-9/h1-2,4,7,9,12-13H,3,5-6,8,16H2,(H,17,19)/t12-,13-/m0/s1. The van der Waals surface area contributed by atoms with Crippen LogP contribution in [0.15, 0.2) is 28.7 Å². The van der Waals surface area contributed by atoms with Crippen LogP contribution in [-0.4, -0.2) is 16.2 Å². The van der Waals surface area contributed by atoms with E-state index in [1.165, 1.54) is 17.5 Å². The van der Waals surface area contributed by atoms with Gasteiger partial charge < -0.3 is 15.5 Å². The molecule has 5 nitrogen and oxygen atoms in total. The molecule has 5 heteroatoms. The highest BCUT2D eigenvalue weighted by Crippen LogP contribution is 2.36. The Kier molecular flexibility index (Phi) is 2.73. The summed E-state index contributed by atoms with van der Waals surface area (Å²) in [5, 5.41) is 11.5. The van der Waals surface area contributed by atoms with Gasteiger partial charge in [-0.2, -0.15) is 0 Å². The fourth-order valence-electron chi connectivity index (χ4n) is 3.04. The molecule has 0 unspecified atom stereocenters. The molecule has 0 radical (unpaired) electrons. The van der Waals surface area contributed by atoms with Crippen LogP contribution in [0.25, 0.3) is 0 Å². The predicted molar refractivity (Wildman–Crippen MR) is 75.4 cm³/mol. The van der Waals surface area contributed by atoms with Crippen molar-refractivity contribution >= 4 is 6.01 Å². The zero-order valence-corrected chi connectivity index (χ0v) is 11.2. The minimum atomic E-state index is -0.0229. The van der Waals surface area contributed by atoms with Crippen LogP contribution in [0, 0.1) is 0 Å². The van der Waals surface area contributed by atoms with Crippen molar-refractivity contribution in [1.29, 1.82) is 0 Å². The Bertz CT molecular complexity index is 620. The molecular formula is C15H18N4O. The van der Waals surface area contributed by atoms with Gasteiger partial charge in [0, 0.05) is 5.92 Å². The second kappa shape index (κ2) is 4.59. The Labute approximate surface area is 117 Å². The van der Waals surface area contributed by atoms with Crippen molar-refractivity contribution in [2.75, 3.05) is 5.32 Å². The minimum Gasteiger partial charge on any atom is -0.408 e. The zero-order chi connectivity index (χ0) is 13.5. The smallest absolute Gasteiger partial charge is 0.315 e. The van der Waals surface area contributed by atoms with Gasteiger partial charge in [0.05, 0.1) is 12.1 Å². The molecule has 0 saturated heterocycles. The van der Waals surface area contributed by atoms with Crippen molar-refractivity contribution < 1.29 is 4.42 Å². The number of hydrogen-bond donors (Lipinski definition) is 2. The summed E-state index contributed by atoms with van der Waals surface area (Å²) in [6, 6.07) is 8.91. The Morgan fingerprint density at radius 1 is 1.20 bits per heavy atom. The molecular weight excluding hydrogens is 252 g/mol. The molecule has 2 aliphatic carbocycles. The van der Waals surface area contributed by atoms with Gasteiger partial charge in [0.25, 0.3) is 0 Å². The number of benzene rings is 1. The van der Waals surface area contributed by atoms with Crippen molar-refractivity contribution in [2.24, 2.45) is 5.73 Å². The molecule has 0 aliphatic heterocycles. The third kappa shape index (κ3) is 1.89. The summed E-state index contributed by atoms with van der Waals surface area (Å²) in [6.45, 7) is 0. The van der Waals surface area contributed by atoms with Gasteiger partial charge in [0.2, 0.25) is 5.89 Å². The predicted octanol–water partition coefficient (Wildman–Crippen LogP) is 2.37. The fraction of sp³-hybridized carbons (Fsp3) is 0.467. The highest BCUT2D eigenvalue weighted by Gasteiger charge is 2.31. The van der Waals surface area contributed by atoms with E-state index in [1.54, 1.807) is 0 Å². The third-order valence-electron chi connectivity index (χ3n) is 4.49. The summed E-state index contributed by atoms with van der Waals surface area (Å²) in [7, 11) is 0. The average molecular weight is 270 g/mol. The van der Waals surface area contributed by atoms with Crippen LogP contribution < -0.4 is 11.1 Å². The first-order valence-electron chi connectivity index (χ1n) is 7.24. The van der Waals surface area contributed by atoms with Crippen LogP contribution >= 0.6 is 0 Å². The molecule has 4 rings (SSSR count). The van der Waals surface area contributed by atoms with Crippen molar-refractivity contribution in [1.82, 2.24) is 10.2 Å². The van der Waals surface area contributed by atoms with Crippen LogP contribution in [0.5, 0.6) is 0 Å². The fourth-order valence-corrected chi connectivity index (χ4v) is 3.04. The quantitative estimate of drug-likeness (QED) is 0.895. The lowest BCUT2D eigenvalue weighted by Crippen LogP contribution is -2.29. The molecule has 1 aromatic heterocycles. The first kappa shape index (κ1) is 11.9. The van der Waals surface area contributed by atoms with Crippen LogP contribution in [-0.2, 0) is 6.42 Å². The van der Waals surface area contributed by atoms with Gasteiger partial charge in [-0.3, -0.25) is 0 Å². The van der Waals surface area contributed by atoms with Crippen molar-refractivity contribution in [3.63, 3.8) is 0 Å². The summed E-state index contributed by atoms with van der Waals surface area (Å²) in [6.07, 6.45) is 4.49. The molecule has 1 fully saturated rings. The highest BCUT2D eigenvalue weighted by atomic mass is 16.4. The summed E-state index contributed by atoms with van der Waals surface area (Å²) < 4.78 is 5.71. The van der Waals surface area contributed by atoms with E-state index >= 15 is 0 Å². The van der Waals surface area contributed by atoms with Gasteiger partial charge in [-0.25, -0.2) is 0 Å². The van der Waals surface area contributed by atoms with Gasteiger partial charge in [-0.15, -0.1) is 5.10 Å². The van der Waals surface area contributed by atoms with Gasteiger partial charge in [0.15, 0.2) is 0 Å². The van der Waals surface area contributed by atoms with Crippen molar-refractivity contribution in [3.8, 4) is 0 Å². The average Bonchev–Trinajstić information content (AvgIpc) is 2.95. The molecule has 1 aromatic carbocycles. The third-order valence-corrected chi connectivity index (χ3v) is 4.49. The van der Waals surface area contributed by atoms with E-state index in [0.717, 1.165) is 25.2 Å². The van der Waals surface area contributed by atoms with Gasteiger partial charge in [0.1, 0.15) is 0 Å². The number of nitrogens with one attached hydrogen (secondary N) is 1. The second-order valence-corrected chi connectivity index (χ2v) is 5.75. The number of nitrogens with two attached hydrogens (primary N) is 1. The topological polar surface area (TPSA) is 77.0 Å². The second-order valence-electron chi connectivity index (χ2n) is 5.75. The summed E-state index contributed by atoms with van der Waals surface area (Å²) >= 11 is 0. The lowest BCUT2D eigenvalue weighted by atomic mass is 9.85. The maximum absolute atomic E-state index is 6.29. The van der Waals surface area contributed by atoms with Crippen LogP contribution in [0.1, 0.15) is 48.2 Å². The number of anilines is 1. The van der Waals surface area contributed by atoms with Gasteiger partial charge in [-0.05, 0) is 30.4 Å². The molecule has 0 amide bonds. The first-order chi connectivity index (χ1) is 9.81. The summed E-state index contributed by atoms with van der Waals surface area (Å²) in [5.74, 6) is 1.23. The van der Waals surface area contributed by atoms with E-state index in [4.69, 9.17) is 10.2 Å². The molecule has 104 valence electrons. The van der Waals surface area contributed by atoms with Crippen LogP contribution in [0.2, 0.25) is 0 Å². The molecule has 3 N–H and O–H groups in total. The monoisotopic (exact) mass is 270 g/mol. The van der Waals surface area contributed by atoms with Gasteiger partial charge >= 0.3 is 6.01 Å². The Morgan fingerprint density at radius 3 is 2.80 bits per heavy atom. The number of fused-ring (bicyclic) bond motifs is 1. The maximum atomic E-state index is 6.29. The van der Waals surface area contributed by atoms with E-state index in [2.05, 4.69) is 33.7 Å². The van der Waals surface area contributed by atoms with E-state index in [-0.39, 0.29) is 12.1 Å². The number of aromatic nitrogens is 2. The molecule has 0 spiro atoms. The highest BCUT2D eigenvalue weighted by molar-refractivity contribution is 5.40. The Balaban J connectivity index is 1.49. The van der Waals surface area contributed by atoms with Crippen molar-refractivity contribution in [2.45, 2.75) is 43.7 Å². The number of rotatable bonds is 3. The largest absolute Gasteiger partial charge is 0.408 e. The first-order valence-corrected chi connectivity index (χ1v) is 7.24. The van der Waals surface area contributed by atoms with Crippen LogP contribution in [0.3, 0.4) is 0 Å². The lowest BCUT2D eigenvalue weighted by Gasteiger charge is -2.21. The molecule has 1 heterocycles. The molecule has 2 aliphatic rings. The minimum absolute atomic E-state index is 0.0229. The van der Waals surface area contributed by atoms with E-state index in [1.807, 2.05) is 6.07 Å². The normalized spacial score (nSPS) is 25.2. The van der Waals surface area contributed by atoms with Gasteiger partial charge in [-0.1, -0.05) is 35.8 Å². The van der Waals surface area contributed by atoms with Crippen molar-refractivity contribution in [3.05, 3.63) is 41.3 Å². The van der Waals surface area contributed by atoms with E-state index in [9.17, 15) is 0 Å². The summed E-state index contributed by atoms with van der Waals surface area (Å²) in [5.41, 5.74) is 8.80. The van der Waals surface area contributed by atoms with Crippen LogP contribution in [0.4, 0.5) is 6.01 Å². The Hall–Kier alpha value is -1.88. The summed E-state index contributed by atoms with van der Waals surface area (Å²) in [4.78, 5) is 0. The van der Waals surface area contributed by atoms with E-state index in [0.29, 0.717) is 11.9 Å². The molecule has 0 bridgehead atoms. The Morgan fingerprint density at radius 2 is 2.05 bits per heavy atom. The lowest BCUT2D eigenvalue weighted by molar-refractivity contribution is 0.337.